The molecular weight excluding hydrogens is 421 g/mol. The van der Waals surface area contributed by atoms with Crippen LogP contribution in [0.2, 0.25) is 0 Å². The van der Waals surface area contributed by atoms with Gasteiger partial charge in [-0.15, -0.1) is 0 Å². The maximum Gasteiger partial charge on any atom is 0.422 e. The van der Waals surface area contributed by atoms with Crippen molar-refractivity contribution in [2.75, 3.05) is 11.5 Å². The van der Waals surface area contributed by atoms with E-state index in [9.17, 15) is 30.7 Å². The highest BCUT2D eigenvalue weighted by atomic mass is 19.4. The fraction of sp³-hybridized carbons (Fsp3) is 0.0526. The van der Waals surface area contributed by atoms with Gasteiger partial charge in [-0.05, 0) is 12.1 Å². The van der Waals surface area contributed by atoms with Crippen LogP contribution in [-0.4, -0.2) is 0 Å². The molecule has 0 atom stereocenters. The topological polar surface area (TPSA) is 70.5 Å². The van der Waals surface area contributed by atoms with Gasteiger partial charge in [0.2, 0.25) is 5.82 Å². The van der Waals surface area contributed by atoms with Crippen molar-refractivity contribution >= 4 is 11.4 Å². The SMILES string of the molecule is Nc1cc(F)cc(Oc2cc(F)c(C(F)(F)F)c(Oc3cc(N)cc(F)c3)c2F)c1. The number of nitrogens with two attached hydrogens (primary N) is 2. The average Bonchev–Trinajstić information content (AvgIpc) is 2.56. The molecule has 0 amide bonds. The van der Waals surface area contributed by atoms with Gasteiger partial charge in [-0.3, -0.25) is 0 Å². The Morgan fingerprint density at radius 2 is 1.17 bits per heavy atom. The molecule has 4 N–H and O–H groups in total. The molecule has 0 fully saturated rings. The number of ether oxygens (including phenoxy) is 2. The number of anilines is 2. The Bertz CT molecular complexity index is 1080. The summed E-state index contributed by atoms with van der Waals surface area (Å²) in [6.45, 7) is 0. The quantitative estimate of drug-likeness (QED) is 0.391. The van der Waals surface area contributed by atoms with Crippen molar-refractivity contribution in [2.45, 2.75) is 6.18 Å². The fourth-order valence-corrected chi connectivity index (χ4v) is 2.55. The molecule has 158 valence electrons. The van der Waals surface area contributed by atoms with E-state index < -0.39 is 58.0 Å². The van der Waals surface area contributed by atoms with Gasteiger partial charge in [-0.25, -0.2) is 13.2 Å². The van der Waals surface area contributed by atoms with Gasteiger partial charge >= 0.3 is 6.18 Å². The van der Waals surface area contributed by atoms with Crippen LogP contribution in [0, 0.1) is 23.3 Å². The zero-order valence-electron chi connectivity index (χ0n) is 14.7. The summed E-state index contributed by atoms with van der Waals surface area (Å²) in [4.78, 5) is 0. The van der Waals surface area contributed by atoms with Gasteiger partial charge in [-0.1, -0.05) is 0 Å². The van der Waals surface area contributed by atoms with E-state index in [4.69, 9.17) is 20.9 Å². The Labute approximate surface area is 164 Å². The first-order valence-corrected chi connectivity index (χ1v) is 8.01. The highest BCUT2D eigenvalue weighted by Crippen LogP contribution is 2.45. The number of alkyl halides is 3. The summed E-state index contributed by atoms with van der Waals surface area (Å²) in [6.07, 6.45) is -5.37. The Balaban J connectivity index is 2.14. The maximum absolute atomic E-state index is 14.9. The molecule has 0 aromatic heterocycles. The third-order valence-corrected chi connectivity index (χ3v) is 3.66. The van der Waals surface area contributed by atoms with Crippen LogP contribution < -0.4 is 20.9 Å². The number of halogens is 7. The van der Waals surface area contributed by atoms with E-state index in [1.807, 2.05) is 0 Å². The Hall–Kier alpha value is -3.63. The number of nitrogen functional groups attached to an aromatic ring is 2. The van der Waals surface area contributed by atoms with Crippen LogP contribution in [0.1, 0.15) is 5.56 Å². The van der Waals surface area contributed by atoms with E-state index in [-0.39, 0.29) is 17.4 Å². The lowest BCUT2D eigenvalue weighted by molar-refractivity contribution is -0.141. The second-order valence-corrected chi connectivity index (χ2v) is 6.02. The van der Waals surface area contributed by atoms with Crippen molar-refractivity contribution < 1.29 is 40.2 Å². The molecule has 3 aromatic carbocycles. The minimum atomic E-state index is -5.37. The van der Waals surface area contributed by atoms with E-state index in [0.717, 1.165) is 30.3 Å². The summed E-state index contributed by atoms with van der Waals surface area (Å²) >= 11 is 0. The monoisotopic (exact) mass is 432 g/mol. The normalized spacial score (nSPS) is 11.4. The largest absolute Gasteiger partial charge is 0.454 e. The van der Waals surface area contributed by atoms with E-state index in [2.05, 4.69) is 0 Å². The molecule has 3 rings (SSSR count). The molecule has 0 saturated heterocycles. The third-order valence-electron chi connectivity index (χ3n) is 3.66. The third kappa shape index (κ3) is 4.50. The number of hydrogen-bond donors (Lipinski definition) is 2. The van der Waals surface area contributed by atoms with E-state index in [0.29, 0.717) is 6.07 Å². The molecule has 0 spiro atoms. The lowest BCUT2D eigenvalue weighted by Gasteiger charge is -2.18. The number of benzene rings is 3. The van der Waals surface area contributed by atoms with Gasteiger partial charge in [0.1, 0.15) is 34.5 Å². The minimum Gasteiger partial charge on any atom is -0.454 e. The Morgan fingerprint density at radius 3 is 1.63 bits per heavy atom. The number of rotatable bonds is 4. The molecule has 30 heavy (non-hydrogen) atoms. The lowest BCUT2D eigenvalue weighted by atomic mass is 10.1. The first kappa shape index (κ1) is 21.1. The second-order valence-electron chi connectivity index (χ2n) is 6.02. The average molecular weight is 432 g/mol. The van der Waals surface area contributed by atoms with Crippen molar-refractivity contribution in [1.29, 1.82) is 0 Å². The van der Waals surface area contributed by atoms with Crippen LogP contribution in [0.4, 0.5) is 42.1 Å². The van der Waals surface area contributed by atoms with Crippen LogP contribution in [-0.2, 0) is 6.18 Å². The highest BCUT2D eigenvalue weighted by molar-refractivity contribution is 5.52. The van der Waals surface area contributed by atoms with Gasteiger partial charge in [0, 0.05) is 41.7 Å². The van der Waals surface area contributed by atoms with Gasteiger partial charge < -0.3 is 20.9 Å². The molecule has 0 aliphatic rings. The maximum atomic E-state index is 14.9. The van der Waals surface area contributed by atoms with Crippen molar-refractivity contribution in [3.05, 3.63) is 71.3 Å². The smallest absolute Gasteiger partial charge is 0.422 e. The summed E-state index contributed by atoms with van der Waals surface area (Å²) in [5.74, 6) is -9.28. The van der Waals surface area contributed by atoms with Crippen molar-refractivity contribution in [1.82, 2.24) is 0 Å². The molecule has 0 radical (unpaired) electrons. The predicted molar refractivity (Wildman–Crippen MR) is 93.1 cm³/mol. The van der Waals surface area contributed by atoms with E-state index in [1.165, 1.54) is 0 Å². The Kier molecular flexibility index (Phi) is 5.38. The van der Waals surface area contributed by atoms with Crippen LogP contribution in [0.25, 0.3) is 0 Å². The van der Waals surface area contributed by atoms with Gasteiger partial charge in [0.25, 0.3) is 0 Å². The zero-order chi connectivity index (χ0) is 22.2. The molecular formula is C19H11F7N2O2. The van der Waals surface area contributed by atoms with Crippen LogP contribution >= 0.6 is 0 Å². The predicted octanol–water partition coefficient (Wildman–Crippen LogP) is 6.01. The number of hydrogen-bond acceptors (Lipinski definition) is 4. The lowest BCUT2D eigenvalue weighted by Crippen LogP contribution is -2.12. The van der Waals surface area contributed by atoms with Crippen LogP contribution in [0.5, 0.6) is 23.0 Å². The molecule has 11 heteroatoms. The first-order valence-electron chi connectivity index (χ1n) is 8.01. The molecule has 3 aromatic rings. The summed E-state index contributed by atoms with van der Waals surface area (Å²) in [7, 11) is 0. The molecule has 0 heterocycles. The van der Waals surface area contributed by atoms with Crippen molar-refractivity contribution in [2.24, 2.45) is 0 Å². The summed E-state index contributed by atoms with van der Waals surface area (Å²) in [5.41, 5.74) is 8.34. The molecule has 0 saturated carbocycles. The summed E-state index contributed by atoms with van der Waals surface area (Å²) < 4.78 is 106. The molecule has 0 bridgehead atoms. The van der Waals surface area contributed by atoms with Crippen LogP contribution in [0.15, 0.2) is 42.5 Å². The van der Waals surface area contributed by atoms with Crippen LogP contribution in [0.3, 0.4) is 0 Å². The molecule has 0 unspecified atom stereocenters. The minimum absolute atomic E-state index is 0.117. The molecule has 4 nitrogen and oxygen atoms in total. The highest BCUT2D eigenvalue weighted by Gasteiger charge is 2.41. The molecule has 0 aliphatic heterocycles. The van der Waals surface area contributed by atoms with Crippen molar-refractivity contribution in [3.63, 3.8) is 0 Å². The van der Waals surface area contributed by atoms with E-state index >= 15 is 0 Å². The summed E-state index contributed by atoms with van der Waals surface area (Å²) in [5, 5.41) is 0. The van der Waals surface area contributed by atoms with Crippen molar-refractivity contribution in [3.8, 4) is 23.0 Å². The van der Waals surface area contributed by atoms with Gasteiger partial charge in [0.05, 0.1) is 0 Å². The first-order chi connectivity index (χ1) is 13.9. The van der Waals surface area contributed by atoms with Gasteiger partial charge in [0.15, 0.2) is 11.5 Å². The van der Waals surface area contributed by atoms with E-state index in [1.54, 1.807) is 0 Å². The standard InChI is InChI=1S/C19H11F7N2O2/c20-8-1-10(27)5-12(3-8)29-15-7-14(22)16(19(24,25)26)18(17(15)23)30-13-4-9(21)2-11(28)6-13/h1-7H,27-28H2. The molecule has 0 aliphatic carbocycles. The second kappa shape index (κ2) is 7.65. The fourth-order valence-electron chi connectivity index (χ4n) is 2.55. The zero-order valence-corrected chi connectivity index (χ0v) is 14.7. The Morgan fingerprint density at radius 1 is 0.667 bits per heavy atom. The van der Waals surface area contributed by atoms with Gasteiger partial charge in [-0.2, -0.15) is 17.6 Å². The summed E-state index contributed by atoms with van der Waals surface area (Å²) in [6, 6.07) is 5.16.